The van der Waals surface area contributed by atoms with E-state index in [9.17, 15) is 9.59 Å². The molecule has 11 nitrogen and oxygen atoms in total. The molecule has 3 aromatic heterocycles. The average molecular weight is 599 g/mol. The van der Waals surface area contributed by atoms with Gasteiger partial charge in [0.25, 0.3) is 11.8 Å². The van der Waals surface area contributed by atoms with Crippen molar-refractivity contribution < 1.29 is 14.3 Å². The van der Waals surface area contributed by atoms with E-state index in [0.717, 1.165) is 28.2 Å². The Hall–Kier alpha value is -5.81. The lowest BCUT2D eigenvalue weighted by atomic mass is 10.0. The number of carbonyl (C=O) groups is 2. The Morgan fingerprint density at radius 1 is 0.911 bits per heavy atom. The number of carbonyl (C=O) groups excluding carboxylic acids is 2. The molecule has 0 unspecified atom stereocenters. The van der Waals surface area contributed by atoms with E-state index in [1.807, 2.05) is 83.2 Å². The SMILES string of the molecule is Cc1c(NC(=O)c2ccc(-c3ncc[nH]3)cc2)cccc1-c1cn2ccnc2c(Nc2ccc(C(=O)N3CCOCC3)cc2)n1. The normalized spacial score (nSPS) is 13.1. The zero-order valence-corrected chi connectivity index (χ0v) is 24.5. The molecule has 3 N–H and O–H groups in total. The van der Waals surface area contributed by atoms with Crippen molar-refractivity contribution in [2.75, 3.05) is 36.9 Å². The van der Waals surface area contributed by atoms with Crippen molar-refractivity contribution in [2.24, 2.45) is 0 Å². The average Bonchev–Trinajstić information content (AvgIpc) is 3.80. The summed E-state index contributed by atoms with van der Waals surface area (Å²) in [5.41, 5.74) is 6.64. The summed E-state index contributed by atoms with van der Waals surface area (Å²) < 4.78 is 7.27. The summed E-state index contributed by atoms with van der Waals surface area (Å²) in [6.07, 6.45) is 8.95. The third-order valence-corrected chi connectivity index (χ3v) is 7.84. The van der Waals surface area contributed by atoms with Crippen molar-refractivity contribution in [1.29, 1.82) is 0 Å². The lowest BCUT2D eigenvalue weighted by Crippen LogP contribution is -2.40. The molecule has 3 aromatic carbocycles. The number of ether oxygens (including phenoxy) is 1. The highest BCUT2D eigenvalue weighted by atomic mass is 16.5. The van der Waals surface area contributed by atoms with Crippen LogP contribution < -0.4 is 10.6 Å². The topological polar surface area (TPSA) is 130 Å². The number of nitrogens with one attached hydrogen (secondary N) is 3. The van der Waals surface area contributed by atoms with Crippen LogP contribution in [0.15, 0.2) is 97.7 Å². The summed E-state index contributed by atoms with van der Waals surface area (Å²) in [6, 6.07) is 20.4. The summed E-state index contributed by atoms with van der Waals surface area (Å²) in [5, 5.41) is 6.43. The molecule has 224 valence electrons. The number of aromatic nitrogens is 5. The van der Waals surface area contributed by atoms with Crippen molar-refractivity contribution in [2.45, 2.75) is 6.92 Å². The monoisotopic (exact) mass is 598 g/mol. The van der Waals surface area contributed by atoms with E-state index in [-0.39, 0.29) is 11.8 Å². The van der Waals surface area contributed by atoms with Crippen molar-refractivity contribution >= 4 is 34.7 Å². The number of morpholine rings is 1. The molecule has 45 heavy (non-hydrogen) atoms. The molecule has 0 atom stereocenters. The Labute approximate surface area is 258 Å². The van der Waals surface area contributed by atoms with Gasteiger partial charge in [-0.25, -0.2) is 15.0 Å². The zero-order valence-electron chi connectivity index (χ0n) is 24.5. The Morgan fingerprint density at radius 3 is 2.44 bits per heavy atom. The Morgan fingerprint density at radius 2 is 1.69 bits per heavy atom. The van der Waals surface area contributed by atoms with Gasteiger partial charge in [0.05, 0.1) is 18.9 Å². The van der Waals surface area contributed by atoms with Crippen LogP contribution in [0.5, 0.6) is 0 Å². The van der Waals surface area contributed by atoms with Gasteiger partial charge in [-0.05, 0) is 55.0 Å². The first kappa shape index (κ1) is 28.0. The summed E-state index contributed by atoms with van der Waals surface area (Å²) in [4.78, 5) is 44.6. The zero-order chi connectivity index (χ0) is 30.8. The highest BCUT2D eigenvalue weighted by Crippen LogP contribution is 2.30. The van der Waals surface area contributed by atoms with E-state index in [4.69, 9.17) is 9.72 Å². The summed E-state index contributed by atoms with van der Waals surface area (Å²) >= 11 is 0. The van der Waals surface area contributed by atoms with Gasteiger partial charge in [0.15, 0.2) is 11.5 Å². The number of hydrogen-bond acceptors (Lipinski definition) is 7. The van der Waals surface area contributed by atoms with Crippen molar-refractivity contribution in [3.8, 4) is 22.6 Å². The second-order valence-corrected chi connectivity index (χ2v) is 10.7. The lowest BCUT2D eigenvalue weighted by molar-refractivity contribution is 0.0303. The van der Waals surface area contributed by atoms with Crippen LogP contribution in [-0.2, 0) is 4.74 Å². The third-order valence-electron chi connectivity index (χ3n) is 7.84. The molecule has 2 amide bonds. The van der Waals surface area contributed by atoms with Gasteiger partial charge < -0.3 is 29.7 Å². The van der Waals surface area contributed by atoms with E-state index in [2.05, 4.69) is 25.6 Å². The van der Waals surface area contributed by atoms with Crippen LogP contribution in [0.25, 0.3) is 28.3 Å². The standard InChI is InChI=1S/C34H30N8O3/c1-22-27(3-2-4-28(22)40-33(43)24-7-5-23(6-8-24)30-35-13-14-36-30)29-21-42-16-15-37-32(42)31(39-29)38-26-11-9-25(10-12-26)34(44)41-17-19-45-20-18-41/h2-16,21H,17-20H2,1H3,(H,35,36)(H,38,39)(H,40,43). The molecule has 7 rings (SSSR count). The number of fused-ring (bicyclic) bond motifs is 1. The fourth-order valence-corrected chi connectivity index (χ4v) is 5.37. The van der Waals surface area contributed by atoms with Crippen molar-refractivity contribution in [3.63, 3.8) is 0 Å². The number of nitrogens with zero attached hydrogens (tertiary/aromatic N) is 5. The largest absolute Gasteiger partial charge is 0.378 e. The maximum absolute atomic E-state index is 13.2. The van der Waals surface area contributed by atoms with Crippen LogP contribution in [-0.4, -0.2) is 67.4 Å². The molecule has 4 heterocycles. The number of benzene rings is 3. The number of anilines is 3. The molecule has 6 aromatic rings. The molecule has 1 aliphatic heterocycles. The van der Waals surface area contributed by atoms with Crippen LogP contribution in [0.3, 0.4) is 0 Å². The van der Waals surface area contributed by atoms with E-state index >= 15 is 0 Å². The fraction of sp³-hybridized carbons (Fsp3) is 0.147. The van der Waals surface area contributed by atoms with Gasteiger partial charge in [0.2, 0.25) is 0 Å². The molecule has 11 heteroatoms. The summed E-state index contributed by atoms with van der Waals surface area (Å²) in [7, 11) is 0. The van der Waals surface area contributed by atoms with Crippen molar-refractivity contribution in [1.82, 2.24) is 29.2 Å². The van der Waals surface area contributed by atoms with E-state index in [1.54, 1.807) is 30.7 Å². The van der Waals surface area contributed by atoms with Crippen LogP contribution in [0, 0.1) is 6.92 Å². The minimum absolute atomic E-state index is 0.00559. The number of H-pyrrole nitrogens is 1. The number of rotatable bonds is 7. The molecule has 0 saturated carbocycles. The molecule has 0 spiro atoms. The first-order chi connectivity index (χ1) is 22.0. The van der Waals surface area contributed by atoms with Gasteiger partial charge in [-0.2, -0.15) is 0 Å². The first-order valence-electron chi connectivity index (χ1n) is 14.6. The van der Waals surface area contributed by atoms with E-state index < -0.39 is 0 Å². The second-order valence-electron chi connectivity index (χ2n) is 10.7. The first-order valence-corrected chi connectivity index (χ1v) is 14.6. The van der Waals surface area contributed by atoms with Crippen LogP contribution >= 0.6 is 0 Å². The summed E-state index contributed by atoms with van der Waals surface area (Å²) in [6.45, 7) is 4.27. The van der Waals surface area contributed by atoms with Gasteiger partial charge >= 0.3 is 0 Å². The lowest BCUT2D eigenvalue weighted by Gasteiger charge is -2.26. The Bertz CT molecular complexity index is 1980. The maximum Gasteiger partial charge on any atom is 0.255 e. The quantitative estimate of drug-likeness (QED) is 0.219. The van der Waals surface area contributed by atoms with Crippen LogP contribution in [0.4, 0.5) is 17.2 Å². The highest BCUT2D eigenvalue weighted by Gasteiger charge is 2.19. The van der Waals surface area contributed by atoms with Crippen LogP contribution in [0.1, 0.15) is 26.3 Å². The van der Waals surface area contributed by atoms with Gasteiger partial charge in [-0.15, -0.1) is 0 Å². The summed E-state index contributed by atoms with van der Waals surface area (Å²) in [5.74, 6) is 1.10. The number of imidazole rings is 2. The van der Waals surface area contributed by atoms with Gasteiger partial charge in [-0.1, -0.05) is 24.3 Å². The molecule has 1 aliphatic rings. The molecule has 0 aliphatic carbocycles. The number of hydrogen-bond donors (Lipinski definition) is 3. The van der Waals surface area contributed by atoms with Gasteiger partial charge in [0.1, 0.15) is 5.82 Å². The molecule has 0 radical (unpaired) electrons. The number of amides is 2. The molecule has 0 bridgehead atoms. The maximum atomic E-state index is 13.2. The molecule has 1 saturated heterocycles. The highest BCUT2D eigenvalue weighted by molar-refractivity contribution is 6.05. The van der Waals surface area contributed by atoms with Gasteiger partial charge in [-0.3, -0.25) is 9.59 Å². The second kappa shape index (κ2) is 12.1. The third kappa shape index (κ3) is 5.76. The predicted molar refractivity (Wildman–Crippen MR) is 172 cm³/mol. The van der Waals surface area contributed by atoms with Gasteiger partial charge in [0, 0.05) is 77.7 Å². The minimum atomic E-state index is -0.211. The molecule has 1 fully saturated rings. The number of aromatic amines is 1. The van der Waals surface area contributed by atoms with Crippen LogP contribution in [0.2, 0.25) is 0 Å². The Balaban J connectivity index is 1.12. The molecular weight excluding hydrogens is 568 g/mol. The Kier molecular flexibility index (Phi) is 7.50. The van der Waals surface area contributed by atoms with E-state index in [0.29, 0.717) is 60.3 Å². The molecular formula is C34H30N8O3. The minimum Gasteiger partial charge on any atom is -0.378 e. The fourth-order valence-electron chi connectivity index (χ4n) is 5.37. The smallest absolute Gasteiger partial charge is 0.255 e. The predicted octanol–water partition coefficient (Wildman–Crippen LogP) is 5.56. The van der Waals surface area contributed by atoms with E-state index in [1.165, 1.54) is 0 Å². The van der Waals surface area contributed by atoms with Crippen molar-refractivity contribution in [3.05, 3.63) is 114 Å².